The molecular weight excluding hydrogens is 501 g/mol. The molecule has 1 fully saturated rings. The largest absolute Gasteiger partial charge is 0.573 e. The van der Waals surface area contributed by atoms with Gasteiger partial charge in [0.05, 0.1) is 12.2 Å². The van der Waals surface area contributed by atoms with Crippen LogP contribution in [-0.4, -0.2) is 87.9 Å². The number of halogens is 3. The predicted octanol–water partition coefficient (Wildman–Crippen LogP) is 2.33. The molecule has 1 aliphatic rings. The predicted molar refractivity (Wildman–Crippen MR) is 125 cm³/mol. The van der Waals surface area contributed by atoms with Crippen molar-refractivity contribution in [2.24, 2.45) is 0 Å². The Hall–Kier alpha value is -3.69. The van der Waals surface area contributed by atoms with Crippen molar-refractivity contribution in [3.05, 3.63) is 42.5 Å². The number of amides is 2. The van der Waals surface area contributed by atoms with Crippen LogP contribution >= 0.6 is 11.3 Å². The van der Waals surface area contributed by atoms with Crippen LogP contribution in [0.4, 0.5) is 24.0 Å². The molecule has 1 aliphatic heterocycles. The van der Waals surface area contributed by atoms with Crippen molar-refractivity contribution in [2.75, 3.05) is 50.4 Å². The average molecular weight is 523 g/mol. The number of benzene rings is 1. The van der Waals surface area contributed by atoms with Gasteiger partial charge in [-0.05, 0) is 25.2 Å². The van der Waals surface area contributed by atoms with E-state index in [1.165, 1.54) is 18.7 Å². The van der Waals surface area contributed by atoms with Crippen molar-refractivity contribution >= 4 is 34.0 Å². The molecule has 1 aromatic carbocycles. The number of carbonyl (C=O) groups excluding carboxylic acids is 2. The molecule has 0 spiro atoms. The van der Waals surface area contributed by atoms with Gasteiger partial charge in [0.25, 0.3) is 5.91 Å². The SMILES string of the molecule is CN1CCN(CC(=O)Nc2cc(C(=O)Nc3nnc(-c4cncnc4)s3)ccc2OC(F)(F)F)CC1. The maximum atomic E-state index is 12.9. The normalized spacial score (nSPS) is 14.9. The fourth-order valence-corrected chi connectivity index (χ4v) is 4.06. The Kier molecular flexibility index (Phi) is 7.71. The standard InChI is InChI=1S/C21H21F3N8O3S/c1-31-4-6-32(7-5-31)11-17(33)27-15-8-13(2-3-16(15)35-21(22,23)24)18(34)28-20-30-29-19(36-20)14-9-25-12-26-10-14/h2-3,8-10,12H,4-7,11H2,1H3,(H,27,33)(H,28,30,34). The van der Waals surface area contributed by atoms with Gasteiger partial charge < -0.3 is 15.0 Å². The van der Waals surface area contributed by atoms with Gasteiger partial charge in [-0.1, -0.05) is 11.3 Å². The van der Waals surface area contributed by atoms with Crippen LogP contribution in [0.1, 0.15) is 10.4 Å². The Balaban J connectivity index is 1.48. The van der Waals surface area contributed by atoms with E-state index in [0.29, 0.717) is 23.7 Å². The Morgan fingerprint density at radius 3 is 2.50 bits per heavy atom. The third-order valence-corrected chi connectivity index (χ3v) is 6.05. The molecule has 0 unspecified atom stereocenters. The van der Waals surface area contributed by atoms with Crippen molar-refractivity contribution in [2.45, 2.75) is 6.36 Å². The maximum Gasteiger partial charge on any atom is 0.573 e. The molecule has 2 amide bonds. The minimum Gasteiger partial charge on any atom is -0.404 e. The zero-order valence-electron chi connectivity index (χ0n) is 18.9. The highest BCUT2D eigenvalue weighted by Crippen LogP contribution is 2.32. The summed E-state index contributed by atoms with van der Waals surface area (Å²) in [5.74, 6) is -1.81. The minimum atomic E-state index is -4.98. The summed E-state index contributed by atoms with van der Waals surface area (Å²) in [6.45, 7) is 2.84. The summed E-state index contributed by atoms with van der Waals surface area (Å²) in [4.78, 5) is 37.1. The molecule has 2 aromatic heterocycles. The highest BCUT2D eigenvalue weighted by molar-refractivity contribution is 7.18. The molecule has 11 nitrogen and oxygen atoms in total. The zero-order chi connectivity index (χ0) is 25.7. The van der Waals surface area contributed by atoms with Gasteiger partial charge in [-0.15, -0.1) is 23.4 Å². The van der Waals surface area contributed by atoms with E-state index in [0.717, 1.165) is 42.6 Å². The lowest BCUT2D eigenvalue weighted by molar-refractivity contribution is -0.274. The Morgan fingerprint density at radius 1 is 1.08 bits per heavy atom. The summed E-state index contributed by atoms with van der Waals surface area (Å²) in [6, 6.07) is 3.24. The summed E-state index contributed by atoms with van der Waals surface area (Å²) in [6.07, 6.45) is -0.545. The second-order valence-electron chi connectivity index (χ2n) is 7.88. The maximum absolute atomic E-state index is 12.9. The number of nitrogens with zero attached hydrogens (tertiary/aromatic N) is 6. The van der Waals surface area contributed by atoms with E-state index >= 15 is 0 Å². The van der Waals surface area contributed by atoms with E-state index < -0.39 is 23.9 Å². The highest BCUT2D eigenvalue weighted by Gasteiger charge is 2.33. The molecule has 3 heterocycles. The number of piperazine rings is 1. The van der Waals surface area contributed by atoms with Gasteiger partial charge in [0.1, 0.15) is 6.33 Å². The monoisotopic (exact) mass is 522 g/mol. The Morgan fingerprint density at radius 2 is 1.81 bits per heavy atom. The number of anilines is 2. The van der Waals surface area contributed by atoms with E-state index in [4.69, 9.17) is 0 Å². The van der Waals surface area contributed by atoms with Gasteiger partial charge in [0.2, 0.25) is 11.0 Å². The van der Waals surface area contributed by atoms with Crippen LogP contribution in [-0.2, 0) is 4.79 Å². The third-order valence-electron chi connectivity index (χ3n) is 5.16. The number of carbonyl (C=O) groups is 2. The van der Waals surface area contributed by atoms with E-state index in [-0.39, 0.29) is 22.9 Å². The minimum absolute atomic E-state index is 0.00746. The zero-order valence-corrected chi connectivity index (χ0v) is 19.8. The van der Waals surface area contributed by atoms with Gasteiger partial charge in [-0.2, -0.15) is 0 Å². The third kappa shape index (κ3) is 6.93. The Bertz CT molecular complexity index is 1220. The fraction of sp³-hybridized carbons (Fsp3) is 0.333. The topological polar surface area (TPSA) is 125 Å². The molecule has 4 rings (SSSR count). The second kappa shape index (κ2) is 10.9. The summed E-state index contributed by atoms with van der Waals surface area (Å²) in [5.41, 5.74) is 0.312. The van der Waals surface area contributed by atoms with Crippen LogP contribution in [0.2, 0.25) is 0 Å². The molecule has 190 valence electrons. The smallest absolute Gasteiger partial charge is 0.404 e. The van der Waals surface area contributed by atoms with Crippen LogP contribution in [0.3, 0.4) is 0 Å². The van der Waals surface area contributed by atoms with Crippen LogP contribution in [0, 0.1) is 0 Å². The Labute approximate surface area is 207 Å². The quantitative estimate of drug-likeness (QED) is 0.481. The first-order valence-corrected chi connectivity index (χ1v) is 11.5. The number of alkyl halides is 3. The van der Waals surface area contributed by atoms with Crippen molar-refractivity contribution < 1.29 is 27.5 Å². The van der Waals surface area contributed by atoms with Gasteiger partial charge >= 0.3 is 6.36 Å². The van der Waals surface area contributed by atoms with Crippen LogP contribution in [0.25, 0.3) is 10.6 Å². The number of rotatable bonds is 7. The molecule has 0 radical (unpaired) electrons. The number of hydrogen-bond acceptors (Lipinski definition) is 10. The molecule has 2 N–H and O–H groups in total. The number of likely N-dealkylation sites (N-methyl/N-ethyl adjacent to an activating group) is 1. The molecule has 1 saturated heterocycles. The van der Waals surface area contributed by atoms with E-state index in [9.17, 15) is 22.8 Å². The first kappa shape index (κ1) is 25.4. The van der Waals surface area contributed by atoms with E-state index in [1.807, 2.05) is 11.9 Å². The molecular formula is C21H21F3N8O3S. The average Bonchev–Trinajstić information content (AvgIpc) is 3.30. The molecule has 0 atom stereocenters. The molecule has 15 heteroatoms. The van der Waals surface area contributed by atoms with Crippen LogP contribution in [0.5, 0.6) is 5.75 Å². The first-order valence-electron chi connectivity index (χ1n) is 10.7. The van der Waals surface area contributed by atoms with Crippen molar-refractivity contribution in [3.8, 4) is 16.3 Å². The fourth-order valence-electron chi connectivity index (χ4n) is 3.35. The van der Waals surface area contributed by atoms with Crippen molar-refractivity contribution in [1.82, 2.24) is 30.0 Å². The van der Waals surface area contributed by atoms with Crippen LogP contribution in [0.15, 0.2) is 36.9 Å². The van der Waals surface area contributed by atoms with Gasteiger partial charge in [-0.3, -0.25) is 19.8 Å². The number of hydrogen-bond donors (Lipinski definition) is 2. The molecule has 3 aromatic rings. The molecule has 0 bridgehead atoms. The summed E-state index contributed by atoms with van der Waals surface area (Å²) >= 11 is 1.07. The lowest BCUT2D eigenvalue weighted by Gasteiger charge is -2.31. The van der Waals surface area contributed by atoms with Gasteiger partial charge in [0.15, 0.2) is 10.8 Å². The second-order valence-corrected chi connectivity index (χ2v) is 8.86. The van der Waals surface area contributed by atoms with E-state index in [1.54, 1.807) is 0 Å². The number of aromatic nitrogens is 4. The summed E-state index contributed by atoms with van der Waals surface area (Å²) in [7, 11) is 1.97. The van der Waals surface area contributed by atoms with Crippen LogP contribution < -0.4 is 15.4 Å². The summed E-state index contributed by atoms with van der Waals surface area (Å²) < 4.78 is 42.8. The lowest BCUT2D eigenvalue weighted by atomic mass is 10.1. The number of ether oxygens (including phenoxy) is 1. The lowest BCUT2D eigenvalue weighted by Crippen LogP contribution is -2.47. The summed E-state index contributed by atoms with van der Waals surface area (Å²) in [5, 5.41) is 13.5. The van der Waals surface area contributed by atoms with E-state index in [2.05, 4.69) is 40.4 Å². The van der Waals surface area contributed by atoms with Crippen molar-refractivity contribution in [3.63, 3.8) is 0 Å². The van der Waals surface area contributed by atoms with Gasteiger partial charge in [0, 0.05) is 49.7 Å². The highest BCUT2D eigenvalue weighted by atomic mass is 32.1. The molecule has 0 aliphatic carbocycles. The van der Waals surface area contributed by atoms with Gasteiger partial charge in [-0.25, -0.2) is 9.97 Å². The number of nitrogens with one attached hydrogen (secondary N) is 2. The van der Waals surface area contributed by atoms with Crippen molar-refractivity contribution in [1.29, 1.82) is 0 Å². The molecule has 36 heavy (non-hydrogen) atoms. The molecule has 0 saturated carbocycles. The first-order chi connectivity index (χ1) is 17.2.